The molecule has 0 fully saturated rings. The Bertz CT molecular complexity index is 1200. The second kappa shape index (κ2) is 5.01. The fourth-order valence-electron chi connectivity index (χ4n) is 3.90. The van der Waals surface area contributed by atoms with Gasteiger partial charge in [-0.05, 0) is 37.8 Å². The Morgan fingerprint density at radius 1 is 1.00 bits per heavy atom. The average Bonchev–Trinajstić information content (AvgIpc) is 3.13. The molecule has 0 aliphatic carbocycles. The molecule has 0 amide bonds. The molecule has 0 spiro atoms. The fourth-order valence-corrected chi connectivity index (χ4v) is 3.90. The van der Waals surface area contributed by atoms with Crippen molar-refractivity contribution in [2.75, 3.05) is 11.9 Å². The lowest BCUT2D eigenvalue weighted by Crippen LogP contribution is -2.46. The Labute approximate surface area is 152 Å². The summed E-state index contributed by atoms with van der Waals surface area (Å²) < 4.78 is 6.31. The Kier molecular flexibility index (Phi) is 2.94. The molecule has 0 saturated carbocycles. The highest BCUT2D eigenvalue weighted by Gasteiger charge is 2.35. The molecule has 2 aromatic carbocycles. The average molecular weight is 343 g/mol. The third kappa shape index (κ3) is 1.87. The Morgan fingerprint density at radius 3 is 2.58 bits per heavy atom. The van der Waals surface area contributed by atoms with Gasteiger partial charge in [0.05, 0.1) is 11.1 Å². The molecule has 0 N–H and O–H groups in total. The highest BCUT2D eigenvalue weighted by Crippen LogP contribution is 2.43. The van der Waals surface area contributed by atoms with Crippen LogP contribution in [0, 0.1) is 6.92 Å². The summed E-state index contributed by atoms with van der Waals surface area (Å²) in [6.07, 6.45) is 6.12. The van der Waals surface area contributed by atoms with E-state index in [2.05, 4.69) is 85.3 Å². The number of nitrogens with zero attached hydrogens (tertiary/aromatic N) is 3. The number of hydrogen-bond acceptors (Lipinski definition) is 4. The zero-order chi connectivity index (χ0) is 18.1. The van der Waals surface area contributed by atoms with Gasteiger partial charge in [0.1, 0.15) is 5.66 Å². The molecule has 4 heteroatoms. The van der Waals surface area contributed by atoms with Crippen LogP contribution in [0.1, 0.15) is 19.4 Å². The highest BCUT2D eigenvalue weighted by molar-refractivity contribution is 6.19. The van der Waals surface area contributed by atoms with Crippen molar-refractivity contribution in [1.82, 2.24) is 9.88 Å². The molecule has 4 nitrogen and oxygen atoms in total. The summed E-state index contributed by atoms with van der Waals surface area (Å²) in [5, 5.41) is 4.52. The van der Waals surface area contributed by atoms with Crippen molar-refractivity contribution in [1.29, 1.82) is 0 Å². The summed E-state index contributed by atoms with van der Waals surface area (Å²) in [5.74, 6) is 0. The first-order valence-electron chi connectivity index (χ1n) is 8.88. The van der Waals surface area contributed by atoms with E-state index in [0.717, 1.165) is 27.4 Å². The van der Waals surface area contributed by atoms with Gasteiger partial charge in [-0.2, -0.15) is 0 Å². The molecule has 4 aromatic rings. The van der Waals surface area contributed by atoms with Gasteiger partial charge in [0, 0.05) is 36.4 Å². The number of pyridine rings is 1. The van der Waals surface area contributed by atoms with Crippen LogP contribution >= 0.6 is 0 Å². The zero-order valence-electron chi connectivity index (χ0n) is 15.4. The van der Waals surface area contributed by atoms with Gasteiger partial charge in [0.2, 0.25) is 5.71 Å². The van der Waals surface area contributed by atoms with Crippen LogP contribution in [-0.2, 0) is 0 Å². The molecule has 1 aliphatic rings. The normalized spacial score (nSPS) is 16.5. The van der Waals surface area contributed by atoms with E-state index in [1.165, 1.54) is 10.9 Å². The van der Waals surface area contributed by atoms with Crippen LogP contribution in [-0.4, -0.2) is 22.6 Å². The SMILES string of the molecule is Cc1ccc2c(oc3ncc4ccccc4c32)c1N1C=CN(C)C1(C)C. The minimum absolute atomic E-state index is 0.159. The van der Waals surface area contributed by atoms with Crippen molar-refractivity contribution in [3.05, 3.63) is 60.6 Å². The van der Waals surface area contributed by atoms with Gasteiger partial charge in [0.15, 0.2) is 5.58 Å². The predicted molar refractivity (Wildman–Crippen MR) is 107 cm³/mol. The maximum absolute atomic E-state index is 6.31. The largest absolute Gasteiger partial charge is 0.435 e. The maximum atomic E-state index is 6.31. The van der Waals surface area contributed by atoms with Gasteiger partial charge in [0.25, 0.3) is 0 Å². The van der Waals surface area contributed by atoms with Gasteiger partial charge in [-0.25, -0.2) is 4.98 Å². The number of rotatable bonds is 1. The highest BCUT2D eigenvalue weighted by atomic mass is 16.3. The van der Waals surface area contributed by atoms with Crippen LogP contribution in [0.25, 0.3) is 32.8 Å². The van der Waals surface area contributed by atoms with Crippen LogP contribution < -0.4 is 4.90 Å². The molecule has 0 bridgehead atoms. The van der Waals surface area contributed by atoms with E-state index < -0.39 is 0 Å². The number of aromatic nitrogens is 1. The van der Waals surface area contributed by atoms with E-state index >= 15 is 0 Å². The monoisotopic (exact) mass is 343 g/mol. The lowest BCUT2D eigenvalue weighted by atomic mass is 10.0. The Morgan fingerprint density at radius 2 is 1.81 bits per heavy atom. The molecule has 0 unspecified atom stereocenters. The molecule has 1 aliphatic heterocycles. The quantitative estimate of drug-likeness (QED) is 0.463. The van der Waals surface area contributed by atoms with Crippen molar-refractivity contribution in [2.24, 2.45) is 0 Å². The molecule has 26 heavy (non-hydrogen) atoms. The van der Waals surface area contributed by atoms with Gasteiger partial charge in [-0.1, -0.05) is 30.3 Å². The van der Waals surface area contributed by atoms with Crippen molar-refractivity contribution in [3.8, 4) is 0 Å². The number of aryl methyl sites for hydroxylation is 1. The number of hydrogen-bond donors (Lipinski definition) is 0. The van der Waals surface area contributed by atoms with Crippen molar-refractivity contribution >= 4 is 38.5 Å². The molecular formula is C22H21N3O. The smallest absolute Gasteiger partial charge is 0.228 e. The standard InChI is InChI=1S/C22H21N3O/c1-14-9-10-17-18-16-8-6-5-7-15(16)13-23-21(18)26-20(17)19(14)25-12-11-24(4)22(25,2)3/h5-13H,1-4H3. The minimum atomic E-state index is -0.159. The van der Waals surface area contributed by atoms with Gasteiger partial charge >= 0.3 is 0 Å². The van der Waals surface area contributed by atoms with Crippen molar-refractivity contribution < 1.29 is 4.42 Å². The van der Waals surface area contributed by atoms with Gasteiger partial charge < -0.3 is 14.2 Å². The van der Waals surface area contributed by atoms with Gasteiger partial charge in [-0.3, -0.25) is 0 Å². The zero-order valence-corrected chi connectivity index (χ0v) is 15.4. The number of benzene rings is 2. The number of furan rings is 1. The van der Waals surface area contributed by atoms with E-state index in [-0.39, 0.29) is 5.66 Å². The van der Waals surface area contributed by atoms with Crippen molar-refractivity contribution in [2.45, 2.75) is 26.4 Å². The first kappa shape index (κ1) is 15.3. The molecule has 130 valence electrons. The van der Waals surface area contributed by atoms with Crippen LogP contribution in [0.15, 0.2) is 59.4 Å². The van der Waals surface area contributed by atoms with Crippen LogP contribution in [0.5, 0.6) is 0 Å². The summed E-state index contributed by atoms with van der Waals surface area (Å²) in [4.78, 5) is 9.08. The van der Waals surface area contributed by atoms with E-state index in [0.29, 0.717) is 5.71 Å². The molecule has 0 saturated heterocycles. The summed E-state index contributed by atoms with van der Waals surface area (Å²) >= 11 is 0. The molecule has 0 radical (unpaired) electrons. The molecular weight excluding hydrogens is 322 g/mol. The maximum Gasteiger partial charge on any atom is 0.228 e. The number of fused-ring (bicyclic) bond motifs is 5. The topological polar surface area (TPSA) is 32.5 Å². The van der Waals surface area contributed by atoms with E-state index in [1.54, 1.807) is 0 Å². The molecule has 0 atom stereocenters. The molecule has 2 aromatic heterocycles. The van der Waals surface area contributed by atoms with Crippen LogP contribution in [0.4, 0.5) is 5.69 Å². The molecule has 5 rings (SSSR count). The summed E-state index contributed by atoms with van der Waals surface area (Å²) in [6, 6.07) is 12.7. The van der Waals surface area contributed by atoms with Crippen LogP contribution in [0.3, 0.4) is 0 Å². The van der Waals surface area contributed by atoms with E-state index in [9.17, 15) is 0 Å². The Balaban J connectivity index is 1.90. The predicted octanol–water partition coefficient (Wildman–Crippen LogP) is 5.40. The second-order valence-electron chi connectivity index (χ2n) is 7.51. The lowest BCUT2D eigenvalue weighted by Gasteiger charge is -2.38. The van der Waals surface area contributed by atoms with E-state index in [4.69, 9.17) is 4.42 Å². The second-order valence-corrected chi connectivity index (χ2v) is 7.51. The van der Waals surface area contributed by atoms with Crippen LogP contribution in [0.2, 0.25) is 0 Å². The third-order valence-electron chi connectivity index (χ3n) is 5.70. The summed E-state index contributed by atoms with van der Waals surface area (Å²) in [5.41, 5.74) is 3.73. The molecule has 3 heterocycles. The summed E-state index contributed by atoms with van der Waals surface area (Å²) in [7, 11) is 2.10. The van der Waals surface area contributed by atoms with Gasteiger partial charge in [-0.15, -0.1) is 0 Å². The first-order chi connectivity index (χ1) is 12.5. The minimum Gasteiger partial charge on any atom is -0.435 e. The fraction of sp³-hybridized carbons (Fsp3) is 0.227. The Hall–Kier alpha value is -3.01. The third-order valence-corrected chi connectivity index (χ3v) is 5.70. The van der Waals surface area contributed by atoms with Crippen molar-refractivity contribution in [3.63, 3.8) is 0 Å². The first-order valence-corrected chi connectivity index (χ1v) is 8.88. The summed E-state index contributed by atoms with van der Waals surface area (Å²) in [6.45, 7) is 6.55. The lowest BCUT2D eigenvalue weighted by molar-refractivity contribution is 0.253. The number of anilines is 1. The van der Waals surface area contributed by atoms with E-state index in [1.807, 2.05) is 12.3 Å².